The van der Waals surface area contributed by atoms with Crippen LogP contribution in [0.1, 0.15) is 57.8 Å². The van der Waals surface area contributed by atoms with E-state index in [-0.39, 0.29) is 36.3 Å². The molecule has 27 heavy (non-hydrogen) atoms. The summed E-state index contributed by atoms with van der Waals surface area (Å²) < 4.78 is 0. The molecule has 1 atom stereocenters. The highest BCUT2D eigenvalue weighted by Gasteiger charge is 2.35. The predicted octanol–water partition coefficient (Wildman–Crippen LogP) is 0.884. The van der Waals surface area contributed by atoms with Crippen molar-refractivity contribution in [2.75, 3.05) is 33.2 Å². The minimum Gasteiger partial charge on any atom is -0.352 e. The smallest absolute Gasteiger partial charge is 0.239 e. The number of piperidine rings is 1. The van der Waals surface area contributed by atoms with Crippen LogP contribution in [-0.2, 0) is 14.4 Å². The third kappa shape index (κ3) is 5.67. The Morgan fingerprint density at radius 3 is 2.30 bits per heavy atom. The number of nitrogens with one attached hydrogen (secondary N) is 2. The van der Waals surface area contributed by atoms with Crippen molar-refractivity contribution in [2.24, 2.45) is 5.92 Å². The van der Waals surface area contributed by atoms with Gasteiger partial charge in [-0.2, -0.15) is 0 Å². The van der Waals surface area contributed by atoms with Gasteiger partial charge in [0.05, 0.1) is 12.6 Å². The van der Waals surface area contributed by atoms with Crippen LogP contribution in [0.2, 0.25) is 0 Å². The maximum Gasteiger partial charge on any atom is 0.239 e. The summed E-state index contributed by atoms with van der Waals surface area (Å²) in [6.45, 7) is 2.57. The lowest BCUT2D eigenvalue weighted by atomic mass is 9.87. The fourth-order valence-corrected chi connectivity index (χ4v) is 4.68. The van der Waals surface area contributed by atoms with Gasteiger partial charge in [0, 0.05) is 39.1 Å². The maximum absolute atomic E-state index is 12.1. The minimum atomic E-state index is -0.109. The van der Waals surface area contributed by atoms with Crippen molar-refractivity contribution in [3.8, 4) is 0 Å². The van der Waals surface area contributed by atoms with Crippen molar-refractivity contribution in [3.63, 3.8) is 0 Å². The molecule has 0 aromatic heterocycles. The third-order valence-corrected chi connectivity index (χ3v) is 6.38. The van der Waals surface area contributed by atoms with Crippen LogP contribution in [0.15, 0.2) is 0 Å². The average molecular weight is 379 g/mol. The molecule has 2 heterocycles. The molecule has 2 aliphatic heterocycles. The molecule has 0 aromatic carbocycles. The fourth-order valence-electron chi connectivity index (χ4n) is 4.68. The summed E-state index contributed by atoms with van der Waals surface area (Å²) in [5, 5.41) is 5.81. The van der Waals surface area contributed by atoms with Crippen LogP contribution in [0.5, 0.6) is 0 Å². The standard InChI is InChI=1S/C20H34N4O3/c1-23-10-9-17(20(23)27)24-11-7-16(8-12-24)22-19(26)14-21-18(25)13-15-5-3-2-4-6-15/h15-17H,2-14H2,1H3,(H,21,25)(H,22,26). The maximum atomic E-state index is 12.1. The van der Waals surface area contributed by atoms with Crippen molar-refractivity contribution < 1.29 is 14.4 Å². The first-order valence-corrected chi connectivity index (χ1v) is 10.6. The van der Waals surface area contributed by atoms with E-state index in [1.165, 1.54) is 19.3 Å². The number of hydrogen-bond acceptors (Lipinski definition) is 4. The molecule has 3 fully saturated rings. The van der Waals surface area contributed by atoms with Crippen LogP contribution in [0.25, 0.3) is 0 Å². The molecule has 1 saturated carbocycles. The molecule has 1 aliphatic carbocycles. The average Bonchev–Trinajstić information content (AvgIpc) is 3.00. The number of likely N-dealkylation sites (N-methyl/N-ethyl adjacent to an activating group) is 1. The second kappa shape index (κ2) is 9.53. The van der Waals surface area contributed by atoms with Gasteiger partial charge in [0.1, 0.15) is 0 Å². The molecule has 3 amide bonds. The van der Waals surface area contributed by atoms with Crippen molar-refractivity contribution in [2.45, 2.75) is 69.9 Å². The van der Waals surface area contributed by atoms with E-state index < -0.39 is 0 Å². The molecule has 3 aliphatic rings. The van der Waals surface area contributed by atoms with Gasteiger partial charge in [-0.15, -0.1) is 0 Å². The molecule has 1 unspecified atom stereocenters. The lowest BCUT2D eigenvalue weighted by Gasteiger charge is -2.35. The van der Waals surface area contributed by atoms with Crippen LogP contribution < -0.4 is 10.6 Å². The number of rotatable bonds is 6. The normalized spacial score (nSPS) is 25.6. The van der Waals surface area contributed by atoms with Crippen LogP contribution in [-0.4, -0.2) is 72.8 Å². The van der Waals surface area contributed by atoms with Crippen molar-refractivity contribution >= 4 is 17.7 Å². The molecular formula is C20H34N4O3. The SMILES string of the molecule is CN1CCC(N2CCC(NC(=O)CNC(=O)CC3CCCCC3)CC2)C1=O. The summed E-state index contributed by atoms with van der Waals surface area (Å²) in [5.74, 6) is 0.597. The topological polar surface area (TPSA) is 81.8 Å². The lowest BCUT2D eigenvalue weighted by Crippen LogP contribution is -2.51. The van der Waals surface area contributed by atoms with E-state index in [1.807, 2.05) is 7.05 Å². The molecule has 0 spiro atoms. The number of likely N-dealkylation sites (tertiary alicyclic amines) is 2. The van der Waals surface area contributed by atoms with Gasteiger partial charge in [0.25, 0.3) is 0 Å². The van der Waals surface area contributed by atoms with Gasteiger partial charge < -0.3 is 15.5 Å². The lowest BCUT2D eigenvalue weighted by molar-refractivity contribution is -0.131. The largest absolute Gasteiger partial charge is 0.352 e. The molecule has 7 nitrogen and oxygen atoms in total. The summed E-state index contributed by atoms with van der Waals surface area (Å²) in [6.07, 6.45) is 9.17. The summed E-state index contributed by atoms with van der Waals surface area (Å²) in [4.78, 5) is 40.3. The van der Waals surface area contributed by atoms with Crippen molar-refractivity contribution in [1.82, 2.24) is 20.4 Å². The summed E-state index contributed by atoms with van der Waals surface area (Å²) in [7, 11) is 1.86. The van der Waals surface area contributed by atoms with Gasteiger partial charge in [-0.05, 0) is 38.0 Å². The summed E-state index contributed by atoms with van der Waals surface area (Å²) in [6, 6.07) is 0.156. The van der Waals surface area contributed by atoms with E-state index >= 15 is 0 Å². The first-order valence-electron chi connectivity index (χ1n) is 10.6. The van der Waals surface area contributed by atoms with Crippen LogP contribution >= 0.6 is 0 Å². The highest BCUT2D eigenvalue weighted by molar-refractivity contribution is 5.85. The molecule has 152 valence electrons. The zero-order valence-corrected chi connectivity index (χ0v) is 16.5. The van der Waals surface area contributed by atoms with Gasteiger partial charge in [0.15, 0.2) is 0 Å². The van der Waals surface area contributed by atoms with Gasteiger partial charge in [-0.1, -0.05) is 19.3 Å². The van der Waals surface area contributed by atoms with Crippen molar-refractivity contribution in [1.29, 1.82) is 0 Å². The Morgan fingerprint density at radius 2 is 1.67 bits per heavy atom. The predicted molar refractivity (Wildman–Crippen MR) is 103 cm³/mol. The highest BCUT2D eigenvalue weighted by atomic mass is 16.2. The zero-order chi connectivity index (χ0) is 19.2. The van der Waals surface area contributed by atoms with Gasteiger partial charge in [-0.25, -0.2) is 0 Å². The second-order valence-electron chi connectivity index (χ2n) is 8.43. The van der Waals surface area contributed by atoms with Gasteiger partial charge in [0.2, 0.25) is 17.7 Å². The molecule has 0 aromatic rings. The molecule has 0 bridgehead atoms. The van der Waals surface area contributed by atoms with E-state index in [0.29, 0.717) is 12.3 Å². The van der Waals surface area contributed by atoms with Crippen LogP contribution in [0, 0.1) is 5.92 Å². The zero-order valence-electron chi connectivity index (χ0n) is 16.5. The Bertz CT molecular complexity index is 539. The van der Waals surface area contributed by atoms with Gasteiger partial charge >= 0.3 is 0 Å². The minimum absolute atomic E-state index is 0.00395. The number of nitrogens with zero attached hydrogens (tertiary/aromatic N) is 2. The van der Waals surface area contributed by atoms with E-state index in [9.17, 15) is 14.4 Å². The number of carbonyl (C=O) groups is 3. The molecular weight excluding hydrogens is 344 g/mol. The van der Waals surface area contributed by atoms with E-state index in [0.717, 1.165) is 51.7 Å². The summed E-state index contributed by atoms with van der Waals surface area (Å²) in [5.41, 5.74) is 0. The molecule has 7 heteroatoms. The first kappa shape index (κ1) is 20.1. The molecule has 3 rings (SSSR count). The Labute approximate surface area is 162 Å². The van der Waals surface area contributed by atoms with Crippen LogP contribution in [0.4, 0.5) is 0 Å². The molecule has 0 radical (unpaired) electrons. The Hall–Kier alpha value is -1.63. The number of amides is 3. The first-order chi connectivity index (χ1) is 13.0. The molecule has 2 saturated heterocycles. The van der Waals surface area contributed by atoms with E-state index in [2.05, 4.69) is 15.5 Å². The van der Waals surface area contributed by atoms with Gasteiger partial charge in [-0.3, -0.25) is 19.3 Å². The summed E-state index contributed by atoms with van der Waals surface area (Å²) >= 11 is 0. The van der Waals surface area contributed by atoms with Crippen LogP contribution in [0.3, 0.4) is 0 Å². The van der Waals surface area contributed by atoms with E-state index in [1.54, 1.807) is 4.90 Å². The number of hydrogen-bond donors (Lipinski definition) is 2. The highest BCUT2D eigenvalue weighted by Crippen LogP contribution is 2.26. The molecule has 2 N–H and O–H groups in total. The quantitative estimate of drug-likeness (QED) is 0.719. The fraction of sp³-hybridized carbons (Fsp3) is 0.850. The Balaban J connectivity index is 1.31. The van der Waals surface area contributed by atoms with Crippen molar-refractivity contribution in [3.05, 3.63) is 0 Å². The Kier molecular flexibility index (Phi) is 7.10. The third-order valence-electron chi connectivity index (χ3n) is 6.38. The second-order valence-corrected chi connectivity index (χ2v) is 8.43. The monoisotopic (exact) mass is 378 g/mol. The van der Waals surface area contributed by atoms with E-state index in [4.69, 9.17) is 0 Å². The number of carbonyl (C=O) groups excluding carboxylic acids is 3. The Morgan fingerprint density at radius 1 is 0.963 bits per heavy atom.